The van der Waals surface area contributed by atoms with E-state index in [1.807, 2.05) is 18.7 Å². The summed E-state index contributed by atoms with van der Waals surface area (Å²) in [6, 6.07) is 0. The Morgan fingerprint density at radius 2 is 2.36 bits per heavy atom. The van der Waals surface area contributed by atoms with Crippen LogP contribution in [0.5, 0.6) is 0 Å². The normalized spacial score (nSPS) is 16.7. The van der Waals surface area contributed by atoms with Crippen LogP contribution in [-0.4, -0.2) is 17.1 Å². The third-order valence-corrected chi connectivity index (χ3v) is 3.68. The molecule has 2 heterocycles. The quantitative estimate of drug-likeness (QED) is 0.790. The molecule has 1 aliphatic rings. The van der Waals surface area contributed by atoms with Gasteiger partial charge in [-0.3, -0.25) is 0 Å². The molecule has 1 aromatic rings. The summed E-state index contributed by atoms with van der Waals surface area (Å²) in [4.78, 5) is 7.63. The number of methoxy groups -OCH3 is 1. The van der Waals surface area contributed by atoms with Crippen molar-refractivity contribution in [1.82, 2.24) is 9.97 Å². The molecule has 14 heavy (non-hydrogen) atoms. The zero-order valence-electron chi connectivity index (χ0n) is 8.16. The highest BCUT2D eigenvalue weighted by Crippen LogP contribution is 2.29. The molecule has 76 valence electrons. The molecule has 5 heteroatoms. The lowest BCUT2D eigenvalue weighted by Gasteiger charge is -2.10. The van der Waals surface area contributed by atoms with Crippen LogP contribution in [0.3, 0.4) is 0 Å². The minimum absolute atomic E-state index is 0.0207. The maximum absolute atomic E-state index is 5.23. The van der Waals surface area contributed by atoms with Crippen LogP contribution in [-0.2, 0) is 16.2 Å². The fourth-order valence-electron chi connectivity index (χ4n) is 1.40. The predicted molar refractivity (Wildman–Crippen MR) is 59.8 cm³/mol. The Morgan fingerprint density at radius 1 is 1.57 bits per heavy atom. The lowest BCUT2D eigenvalue weighted by molar-refractivity contribution is 0.111. The number of hydrogen-bond acceptors (Lipinski definition) is 4. The van der Waals surface area contributed by atoms with E-state index in [1.54, 1.807) is 7.11 Å². The van der Waals surface area contributed by atoms with E-state index in [1.165, 1.54) is 11.3 Å². The average molecular weight is 228 g/mol. The number of ether oxygens (including phenoxy) is 1. The first-order valence-corrected chi connectivity index (χ1v) is 6.01. The Hall–Kier alpha value is -0.390. The average Bonchev–Trinajstić information content (AvgIpc) is 2.64. The zero-order chi connectivity index (χ0) is 10.1. The van der Waals surface area contributed by atoms with E-state index in [-0.39, 0.29) is 6.10 Å². The van der Waals surface area contributed by atoms with Gasteiger partial charge in [0.25, 0.3) is 0 Å². The van der Waals surface area contributed by atoms with Crippen LogP contribution in [0.2, 0.25) is 0 Å². The van der Waals surface area contributed by atoms with E-state index in [4.69, 9.17) is 17.0 Å². The summed E-state index contributed by atoms with van der Waals surface area (Å²) in [6.45, 7) is 1.96. The number of aromatic nitrogens is 2. The summed E-state index contributed by atoms with van der Waals surface area (Å²) >= 11 is 7.10. The van der Waals surface area contributed by atoms with Crippen molar-refractivity contribution in [2.75, 3.05) is 7.11 Å². The topological polar surface area (TPSA) is 37.9 Å². The van der Waals surface area contributed by atoms with Gasteiger partial charge in [-0.15, -0.1) is 0 Å². The lowest BCUT2D eigenvalue weighted by atomic mass is 10.2. The molecule has 1 atom stereocenters. The molecule has 1 aromatic heterocycles. The molecule has 0 bridgehead atoms. The lowest BCUT2D eigenvalue weighted by Crippen LogP contribution is -2.06. The smallest absolute Gasteiger partial charge is 0.136 e. The molecule has 0 saturated carbocycles. The maximum atomic E-state index is 5.23. The van der Waals surface area contributed by atoms with Crippen molar-refractivity contribution >= 4 is 24.0 Å². The molecule has 1 N–H and O–H groups in total. The SMILES string of the molecule is COC(C)c1nc(=S)c2c([nH]1)CSC2. The van der Waals surface area contributed by atoms with Crippen LogP contribution in [0, 0.1) is 4.64 Å². The second-order valence-electron chi connectivity index (χ2n) is 3.26. The minimum atomic E-state index is -0.0207. The second-order valence-corrected chi connectivity index (χ2v) is 4.63. The highest BCUT2D eigenvalue weighted by molar-refractivity contribution is 7.98. The molecule has 0 aromatic carbocycles. The highest BCUT2D eigenvalue weighted by Gasteiger charge is 2.17. The number of nitrogens with zero attached hydrogens (tertiary/aromatic N) is 1. The van der Waals surface area contributed by atoms with Crippen LogP contribution >= 0.6 is 24.0 Å². The monoisotopic (exact) mass is 228 g/mol. The number of hydrogen-bond donors (Lipinski definition) is 1. The Labute approximate surface area is 92.3 Å². The van der Waals surface area contributed by atoms with Crippen molar-refractivity contribution in [3.05, 3.63) is 21.7 Å². The number of fused-ring (bicyclic) bond motifs is 1. The molecule has 0 spiro atoms. The summed E-state index contributed by atoms with van der Waals surface area (Å²) in [5.41, 5.74) is 2.41. The molecule has 0 radical (unpaired) electrons. The van der Waals surface area contributed by atoms with E-state index >= 15 is 0 Å². The van der Waals surface area contributed by atoms with Crippen molar-refractivity contribution in [3.63, 3.8) is 0 Å². The van der Waals surface area contributed by atoms with Crippen LogP contribution in [0.4, 0.5) is 0 Å². The Morgan fingerprint density at radius 3 is 3.07 bits per heavy atom. The highest BCUT2D eigenvalue weighted by atomic mass is 32.2. The Balaban J connectivity index is 2.47. The molecule has 0 saturated heterocycles. The standard InChI is InChI=1S/C9H12N2OS2/c1-5(12-2)8-10-7-4-14-3-6(7)9(13)11-8/h5H,3-4H2,1-2H3,(H,10,11,13). The van der Waals surface area contributed by atoms with Gasteiger partial charge in [0.2, 0.25) is 0 Å². The van der Waals surface area contributed by atoms with Gasteiger partial charge < -0.3 is 9.72 Å². The van der Waals surface area contributed by atoms with Gasteiger partial charge in [-0.05, 0) is 6.92 Å². The van der Waals surface area contributed by atoms with Crippen LogP contribution in [0.1, 0.15) is 30.1 Å². The Bertz CT molecular complexity index is 402. The number of rotatable bonds is 2. The summed E-state index contributed by atoms with van der Waals surface area (Å²) < 4.78 is 5.93. The van der Waals surface area contributed by atoms with Crippen molar-refractivity contribution in [1.29, 1.82) is 0 Å². The van der Waals surface area contributed by atoms with Gasteiger partial charge in [-0.2, -0.15) is 11.8 Å². The van der Waals surface area contributed by atoms with Gasteiger partial charge in [-0.25, -0.2) is 4.98 Å². The third kappa shape index (κ3) is 1.71. The van der Waals surface area contributed by atoms with E-state index in [9.17, 15) is 0 Å². The zero-order valence-corrected chi connectivity index (χ0v) is 9.80. The first-order valence-electron chi connectivity index (χ1n) is 4.45. The Kier molecular flexibility index (Phi) is 2.90. The fourth-order valence-corrected chi connectivity index (χ4v) is 2.85. The first-order chi connectivity index (χ1) is 6.72. The van der Waals surface area contributed by atoms with E-state index in [0.29, 0.717) is 0 Å². The molecule has 2 rings (SSSR count). The van der Waals surface area contributed by atoms with Crippen molar-refractivity contribution in [2.45, 2.75) is 24.5 Å². The fraction of sp³-hybridized carbons (Fsp3) is 0.556. The molecule has 1 aliphatic heterocycles. The molecule has 1 unspecified atom stereocenters. The summed E-state index contributed by atoms with van der Waals surface area (Å²) in [5.74, 6) is 2.82. The van der Waals surface area contributed by atoms with Crippen molar-refractivity contribution in [2.24, 2.45) is 0 Å². The number of thioether (sulfide) groups is 1. The van der Waals surface area contributed by atoms with Crippen molar-refractivity contribution in [3.8, 4) is 0 Å². The molecule has 0 aliphatic carbocycles. The van der Waals surface area contributed by atoms with Gasteiger partial charge in [0.1, 0.15) is 16.6 Å². The first kappa shape index (κ1) is 10.1. The van der Waals surface area contributed by atoms with Gasteiger partial charge in [-0.1, -0.05) is 12.2 Å². The van der Waals surface area contributed by atoms with E-state index < -0.39 is 0 Å². The van der Waals surface area contributed by atoms with Gasteiger partial charge in [0.05, 0.1) is 0 Å². The molecule has 0 amide bonds. The summed E-state index contributed by atoms with van der Waals surface area (Å²) in [7, 11) is 1.67. The minimum Gasteiger partial charge on any atom is -0.374 e. The summed E-state index contributed by atoms with van der Waals surface area (Å²) in [5, 5.41) is 0. The molecular formula is C9H12N2OS2. The van der Waals surface area contributed by atoms with Crippen LogP contribution in [0.25, 0.3) is 0 Å². The van der Waals surface area contributed by atoms with E-state index in [2.05, 4.69) is 9.97 Å². The van der Waals surface area contributed by atoms with Gasteiger partial charge >= 0.3 is 0 Å². The molecule has 3 nitrogen and oxygen atoms in total. The van der Waals surface area contributed by atoms with Crippen molar-refractivity contribution < 1.29 is 4.74 Å². The molecular weight excluding hydrogens is 216 g/mol. The largest absolute Gasteiger partial charge is 0.374 e. The number of nitrogens with one attached hydrogen (secondary N) is 1. The van der Waals surface area contributed by atoms with Gasteiger partial charge in [0, 0.05) is 29.9 Å². The predicted octanol–water partition coefficient (Wildman–Crippen LogP) is 2.59. The van der Waals surface area contributed by atoms with E-state index in [0.717, 1.165) is 22.0 Å². The van der Waals surface area contributed by atoms with Gasteiger partial charge in [0.15, 0.2) is 0 Å². The van der Waals surface area contributed by atoms with Crippen LogP contribution < -0.4 is 0 Å². The number of H-pyrrole nitrogens is 1. The molecule has 0 fully saturated rings. The maximum Gasteiger partial charge on any atom is 0.136 e. The number of aromatic amines is 1. The summed E-state index contributed by atoms with van der Waals surface area (Å²) in [6.07, 6.45) is -0.0207. The van der Waals surface area contributed by atoms with Crippen LogP contribution in [0.15, 0.2) is 0 Å². The second kappa shape index (κ2) is 4.00. The third-order valence-electron chi connectivity index (χ3n) is 2.35.